The van der Waals surface area contributed by atoms with E-state index < -0.39 is 23.6 Å². The van der Waals surface area contributed by atoms with Crippen LogP contribution in [0.4, 0.5) is 0 Å². The topological polar surface area (TPSA) is 72.8 Å². The highest BCUT2D eigenvalue weighted by Crippen LogP contribution is 2.47. The number of ether oxygens (including phenoxy) is 2. The Morgan fingerprint density at radius 3 is 2.88 bits per heavy atom. The van der Waals surface area contributed by atoms with E-state index in [1.165, 1.54) is 6.92 Å². The fourth-order valence-electron chi connectivity index (χ4n) is 2.73. The molecule has 4 unspecified atom stereocenters. The Labute approximate surface area is 93.7 Å². The summed E-state index contributed by atoms with van der Waals surface area (Å²) in [4.78, 5) is 22.7. The van der Waals surface area contributed by atoms with Crippen molar-refractivity contribution >= 4 is 11.9 Å². The maximum atomic E-state index is 11.7. The van der Waals surface area contributed by atoms with Crippen molar-refractivity contribution in [3.63, 3.8) is 0 Å². The Kier molecular flexibility index (Phi) is 2.66. The average Bonchev–Trinajstić information content (AvgIpc) is 2.50. The molecule has 0 radical (unpaired) electrons. The van der Waals surface area contributed by atoms with Crippen LogP contribution >= 0.6 is 0 Å². The van der Waals surface area contributed by atoms with Crippen molar-refractivity contribution in [1.82, 2.24) is 0 Å². The second-order valence-electron chi connectivity index (χ2n) is 4.73. The molecule has 2 fully saturated rings. The number of aliphatic hydroxyl groups excluding tert-OH is 1. The predicted molar refractivity (Wildman–Crippen MR) is 53.4 cm³/mol. The molecule has 0 spiro atoms. The van der Waals surface area contributed by atoms with E-state index in [0.717, 1.165) is 0 Å². The first-order valence-corrected chi connectivity index (χ1v) is 5.48. The van der Waals surface area contributed by atoms with Crippen molar-refractivity contribution in [2.45, 2.75) is 38.9 Å². The van der Waals surface area contributed by atoms with Gasteiger partial charge in [0, 0.05) is 12.8 Å². The highest BCUT2D eigenvalue weighted by Gasteiger charge is 2.59. The summed E-state index contributed by atoms with van der Waals surface area (Å²) >= 11 is 0. The second-order valence-corrected chi connectivity index (χ2v) is 4.73. The van der Waals surface area contributed by atoms with Crippen LogP contribution in [-0.4, -0.2) is 35.9 Å². The summed E-state index contributed by atoms with van der Waals surface area (Å²) in [6.45, 7) is 3.25. The van der Waals surface area contributed by atoms with E-state index in [1.807, 2.05) is 0 Å². The molecule has 0 aromatic carbocycles. The molecule has 1 heterocycles. The number of rotatable bonds is 1. The Morgan fingerprint density at radius 2 is 2.25 bits per heavy atom. The van der Waals surface area contributed by atoms with Crippen molar-refractivity contribution in [2.24, 2.45) is 11.3 Å². The summed E-state index contributed by atoms with van der Waals surface area (Å²) in [5.74, 6) is -1.04. The number of cyclic esters (lactones) is 1. The molecular formula is C11H16O5. The van der Waals surface area contributed by atoms with Gasteiger partial charge in [-0.25, -0.2) is 0 Å². The Morgan fingerprint density at radius 1 is 1.56 bits per heavy atom. The molecule has 2 rings (SSSR count). The first-order chi connectivity index (χ1) is 7.46. The lowest BCUT2D eigenvalue weighted by molar-refractivity contribution is -0.171. The minimum absolute atomic E-state index is 0.217. The van der Waals surface area contributed by atoms with Gasteiger partial charge in [-0.15, -0.1) is 0 Å². The molecule has 0 amide bonds. The van der Waals surface area contributed by atoms with Crippen LogP contribution in [0.25, 0.3) is 0 Å². The molecule has 1 saturated heterocycles. The molecular weight excluding hydrogens is 212 g/mol. The van der Waals surface area contributed by atoms with E-state index in [2.05, 4.69) is 0 Å². The van der Waals surface area contributed by atoms with Gasteiger partial charge in [0.05, 0.1) is 12.7 Å². The molecule has 1 aliphatic heterocycles. The van der Waals surface area contributed by atoms with Crippen LogP contribution in [0.3, 0.4) is 0 Å². The largest absolute Gasteiger partial charge is 0.465 e. The van der Waals surface area contributed by atoms with Crippen molar-refractivity contribution in [2.75, 3.05) is 6.61 Å². The van der Waals surface area contributed by atoms with Crippen LogP contribution in [0.5, 0.6) is 0 Å². The quantitative estimate of drug-likeness (QED) is 0.651. The molecule has 90 valence electrons. The van der Waals surface area contributed by atoms with E-state index in [9.17, 15) is 14.7 Å². The first kappa shape index (κ1) is 11.4. The summed E-state index contributed by atoms with van der Waals surface area (Å²) in [5, 5.41) is 9.84. The molecule has 16 heavy (non-hydrogen) atoms. The van der Waals surface area contributed by atoms with Crippen molar-refractivity contribution in [3.05, 3.63) is 0 Å². The number of esters is 2. The number of fused-ring (bicyclic) bond motifs is 1. The van der Waals surface area contributed by atoms with Crippen molar-refractivity contribution in [1.29, 1.82) is 0 Å². The Balaban J connectivity index is 2.27. The van der Waals surface area contributed by atoms with E-state index in [0.29, 0.717) is 12.8 Å². The van der Waals surface area contributed by atoms with Gasteiger partial charge in [-0.1, -0.05) is 0 Å². The monoisotopic (exact) mass is 228 g/mol. The molecule has 1 saturated carbocycles. The normalized spacial score (nSPS) is 42.4. The van der Waals surface area contributed by atoms with Crippen LogP contribution in [-0.2, 0) is 19.1 Å². The third-order valence-corrected chi connectivity index (χ3v) is 3.77. The number of aliphatic hydroxyl groups is 1. The Bertz CT molecular complexity index is 326. The highest BCUT2D eigenvalue weighted by molar-refractivity contribution is 5.80. The molecule has 0 aromatic heterocycles. The third-order valence-electron chi connectivity index (χ3n) is 3.77. The van der Waals surface area contributed by atoms with E-state index >= 15 is 0 Å². The summed E-state index contributed by atoms with van der Waals surface area (Å²) in [7, 11) is 0. The van der Waals surface area contributed by atoms with E-state index in [1.54, 1.807) is 6.92 Å². The highest BCUT2D eigenvalue weighted by atomic mass is 16.6. The Hall–Kier alpha value is -1.10. The van der Waals surface area contributed by atoms with Crippen LogP contribution in [0.15, 0.2) is 0 Å². The summed E-state index contributed by atoms with van der Waals surface area (Å²) < 4.78 is 10.2. The SMILES string of the molecule is CC(=O)OC1CCC(O)C2COC(=O)C12C. The van der Waals surface area contributed by atoms with Gasteiger partial charge in [0.2, 0.25) is 0 Å². The zero-order chi connectivity index (χ0) is 11.9. The van der Waals surface area contributed by atoms with Gasteiger partial charge in [0.15, 0.2) is 0 Å². The number of hydrogen-bond donors (Lipinski definition) is 1. The molecule has 0 bridgehead atoms. The van der Waals surface area contributed by atoms with Gasteiger partial charge in [-0.05, 0) is 19.8 Å². The molecule has 0 aromatic rings. The second kappa shape index (κ2) is 3.73. The smallest absolute Gasteiger partial charge is 0.316 e. The lowest BCUT2D eigenvalue weighted by Crippen LogP contribution is -2.51. The van der Waals surface area contributed by atoms with Crippen LogP contribution in [0.2, 0.25) is 0 Å². The molecule has 5 nitrogen and oxygen atoms in total. The average molecular weight is 228 g/mol. The number of hydrogen-bond acceptors (Lipinski definition) is 5. The molecule has 1 N–H and O–H groups in total. The standard InChI is InChI=1S/C11H16O5/c1-6(12)16-9-4-3-8(13)7-5-15-10(14)11(7,9)2/h7-9,13H,3-5H2,1-2H3. The fourth-order valence-corrected chi connectivity index (χ4v) is 2.73. The van der Waals surface area contributed by atoms with Crippen molar-refractivity contribution < 1.29 is 24.2 Å². The molecule has 2 aliphatic rings. The fraction of sp³-hybridized carbons (Fsp3) is 0.818. The number of carbonyl (C=O) groups excluding carboxylic acids is 2. The van der Waals surface area contributed by atoms with Gasteiger partial charge in [-0.3, -0.25) is 9.59 Å². The zero-order valence-electron chi connectivity index (χ0n) is 9.43. The van der Waals surface area contributed by atoms with Gasteiger partial charge >= 0.3 is 11.9 Å². The van der Waals surface area contributed by atoms with Gasteiger partial charge in [0.1, 0.15) is 11.5 Å². The van der Waals surface area contributed by atoms with Gasteiger partial charge in [0.25, 0.3) is 0 Å². The van der Waals surface area contributed by atoms with E-state index in [-0.39, 0.29) is 18.5 Å². The minimum atomic E-state index is -0.886. The van der Waals surface area contributed by atoms with Crippen LogP contribution in [0, 0.1) is 11.3 Å². The summed E-state index contributed by atoms with van der Waals surface area (Å²) in [6, 6.07) is 0. The molecule has 4 atom stereocenters. The van der Waals surface area contributed by atoms with Crippen molar-refractivity contribution in [3.8, 4) is 0 Å². The minimum Gasteiger partial charge on any atom is -0.465 e. The zero-order valence-corrected chi connectivity index (χ0v) is 9.43. The lowest BCUT2D eigenvalue weighted by atomic mass is 9.66. The molecule has 5 heteroatoms. The van der Waals surface area contributed by atoms with Crippen LogP contribution < -0.4 is 0 Å². The first-order valence-electron chi connectivity index (χ1n) is 5.48. The maximum absolute atomic E-state index is 11.7. The summed E-state index contributed by atoms with van der Waals surface area (Å²) in [6.07, 6.45) is 0.00850. The maximum Gasteiger partial charge on any atom is 0.316 e. The van der Waals surface area contributed by atoms with E-state index in [4.69, 9.17) is 9.47 Å². The van der Waals surface area contributed by atoms with Gasteiger partial charge < -0.3 is 14.6 Å². The third kappa shape index (κ3) is 1.50. The predicted octanol–water partition coefficient (Wildman–Crippen LogP) is 0.252. The van der Waals surface area contributed by atoms with Gasteiger partial charge in [-0.2, -0.15) is 0 Å². The van der Waals surface area contributed by atoms with Crippen LogP contribution in [0.1, 0.15) is 26.7 Å². The summed E-state index contributed by atoms with van der Waals surface area (Å²) in [5.41, 5.74) is -0.886. The lowest BCUT2D eigenvalue weighted by Gasteiger charge is -2.40. The number of carbonyl (C=O) groups is 2. The molecule has 1 aliphatic carbocycles.